The number of thiol groups is 1. The average Bonchev–Trinajstić information content (AvgIpc) is 2.68. The second kappa shape index (κ2) is 4.35. The molecule has 0 unspecified atom stereocenters. The van der Waals surface area contributed by atoms with Crippen LogP contribution in [0, 0.1) is 0 Å². The van der Waals surface area contributed by atoms with Gasteiger partial charge in [-0.15, -0.1) is 47.3 Å². The number of fused-ring (bicyclic) bond motifs is 1. The Morgan fingerprint density at radius 1 is 1.57 bits per heavy atom. The van der Waals surface area contributed by atoms with Gasteiger partial charge in [-0.25, -0.2) is 0 Å². The van der Waals surface area contributed by atoms with Crippen molar-refractivity contribution in [1.82, 2.24) is 0 Å². The lowest BCUT2D eigenvalue weighted by Crippen LogP contribution is -1.83. The maximum atomic E-state index is 5.92. The van der Waals surface area contributed by atoms with E-state index >= 15 is 0 Å². The predicted molar refractivity (Wildman–Crippen MR) is 70.4 cm³/mol. The van der Waals surface area contributed by atoms with Crippen LogP contribution in [-0.2, 0) is 5.88 Å². The maximum absolute atomic E-state index is 5.92. The summed E-state index contributed by atoms with van der Waals surface area (Å²) in [6.07, 6.45) is 2.06. The monoisotopic (exact) mass is 260 g/mol. The number of hydrogen-bond acceptors (Lipinski definition) is 3. The van der Waals surface area contributed by atoms with E-state index in [1.807, 2.05) is 0 Å². The van der Waals surface area contributed by atoms with Crippen molar-refractivity contribution in [3.8, 4) is 0 Å². The first-order valence-electron chi connectivity index (χ1n) is 4.10. The summed E-state index contributed by atoms with van der Waals surface area (Å²) >= 11 is 13.9. The van der Waals surface area contributed by atoms with E-state index in [0.717, 1.165) is 4.90 Å². The molecule has 2 rings (SSSR count). The summed E-state index contributed by atoms with van der Waals surface area (Å²) in [7, 11) is 0. The molecule has 0 radical (unpaired) electrons. The Morgan fingerprint density at radius 2 is 2.36 bits per heavy atom. The summed E-state index contributed by atoms with van der Waals surface area (Å²) in [5, 5.41) is 3.31. The van der Waals surface area contributed by atoms with Crippen LogP contribution in [0.5, 0.6) is 0 Å². The fourth-order valence-electron chi connectivity index (χ4n) is 1.42. The third-order valence-electron chi connectivity index (χ3n) is 2.11. The molecule has 0 aliphatic heterocycles. The number of benzene rings is 1. The first-order valence-corrected chi connectivity index (χ1v) is 7.18. The number of thiophene rings is 1. The molecule has 1 heterocycles. The Kier molecular flexibility index (Phi) is 3.32. The zero-order valence-electron chi connectivity index (χ0n) is 7.58. The van der Waals surface area contributed by atoms with Gasteiger partial charge in [0.25, 0.3) is 0 Å². The van der Waals surface area contributed by atoms with Crippen LogP contribution in [0.15, 0.2) is 27.3 Å². The van der Waals surface area contributed by atoms with Gasteiger partial charge in [0.2, 0.25) is 0 Å². The van der Waals surface area contributed by atoms with Crippen LogP contribution in [0.3, 0.4) is 0 Å². The van der Waals surface area contributed by atoms with Gasteiger partial charge in [-0.3, -0.25) is 0 Å². The van der Waals surface area contributed by atoms with E-state index in [1.165, 1.54) is 20.5 Å². The van der Waals surface area contributed by atoms with Crippen LogP contribution < -0.4 is 0 Å². The Labute approximate surface area is 102 Å². The van der Waals surface area contributed by atoms with E-state index in [4.69, 9.17) is 11.6 Å². The van der Waals surface area contributed by atoms with Crippen molar-refractivity contribution in [1.29, 1.82) is 0 Å². The number of rotatable bonds is 2. The van der Waals surface area contributed by atoms with Gasteiger partial charge in [-0.05, 0) is 29.3 Å². The zero-order chi connectivity index (χ0) is 10.1. The van der Waals surface area contributed by atoms with Gasteiger partial charge in [-0.1, -0.05) is 0 Å². The van der Waals surface area contributed by atoms with Crippen LogP contribution in [0.1, 0.15) is 5.56 Å². The van der Waals surface area contributed by atoms with E-state index in [9.17, 15) is 0 Å². The number of hydrogen-bond donors (Lipinski definition) is 1. The highest BCUT2D eigenvalue weighted by molar-refractivity contribution is 7.99. The van der Waals surface area contributed by atoms with Crippen molar-refractivity contribution >= 4 is 57.4 Å². The van der Waals surface area contributed by atoms with Crippen molar-refractivity contribution in [3.05, 3.63) is 23.1 Å². The second-order valence-corrected chi connectivity index (χ2v) is 5.36. The van der Waals surface area contributed by atoms with E-state index in [0.29, 0.717) is 5.88 Å². The Bertz CT molecular complexity index is 462. The molecule has 0 spiro atoms. The molecule has 74 valence electrons. The highest BCUT2D eigenvalue weighted by atomic mass is 35.5. The standard InChI is InChI=1S/C10H9ClS3/c1-13-8-4-6(5-11)10-7(9(8)12)2-3-14-10/h2-4,12H,5H2,1H3. The van der Waals surface area contributed by atoms with Gasteiger partial charge in [0.05, 0.1) is 0 Å². The van der Waals surface area contributed by atoms with Gasteiger partial charge in [0.15, 0.2) is 0 Å². The van der Waals surface area contributed by atoms with Crippen molar-refractivity contribution < 1.29 is 0 Å². The molecule has 14 heavy (non-hydrogen) atoms. The largest absolute Gasteiger partial charge is 0.143 e. The quantitative estimate of drug-likeness (QED) is 0.466. The maximum Gasteiger partial charge on any atom is 0.0488 e. The molecule has 0 aliphatic rings. The predicted octanol–water partition coefficient (Wildman–Crippen LogP) is 4.65. The molecular formula is C10H9ClS3. The Morgan fingerprint density at radius 3 is 3.00 bits per heavy atom. The summed E-state index contributed by atoms with van der Waals surface area (Å²) in [5.74, 6) is 0.568. The lowest BCUT2D eigenvalue weighted by atomic mass is 10.2. The molecule has 0 saturated carbocycles. The number of alkyl halides is 1. The molecule has 0 amide bonds. The van der Waals surface area contributed by atoms with Gasteiger partial charge in [-0.2, -0.15) is 0 Å². The molecule has 0 N–H and O–H groups in total. The fraction of sp³-hybridized carbons (Fsp3) is 0.200. The van der Waals surface area contributed by atoms with Crippen LogP contribution >= 0.6 is 47.3 Å². The molecule has 0 nitrogen and oxygen atoms in total. The summed E-state index contributed by atoms with van der Waals surface area (Å²) < 4.78 is 1.27. The lowest BCUT2D eigenvalue weighted by molar-refractivity contribution is 1.27. The molecule has 0 fully saturated rings. The fourth-order valence-corrected chi connectivity index (χ4v) is 3.80. The van der Waals surface area contributed by atoms with Gasteiger partial charge >= 0.3 is 0 Å². The smallest absolute Gasteiger partial charge is 0.0488 e. The highest BCUT2D eigenvalue weighted by Gasteiger charge is 2.09. The SMILES string of the molecule is CSc1cc(CCl)c2sccc2c1S. The molecule has 1 aromatic heterocycles. The molecule has 0 aliphatic carbocycles. The third-order valence-corrected chi connectivity index (χ3v) is 4.79. The summed E-state index contributed by atoms with van der Waals surface area (Å²) in [5.41, 5.74) is 1.21. The molecule has 2 aromatic rings. The second-order valence-electron chi connectivity index (χ2n) is 2.88. The normalized spacial score (nSPS) is 11.1. The van der Waals surface area contributed by atoms with Crippen molar-refractivity contribution in [2.75, 3.05) is 6.26 Å². The van der Waals surface area contributed by atoms with E-state index in [1.54, 1.807) is 23.1 Å². The molecule has 0 saturated heterocycles. The molecule has 0 atom stereocenters. The number of halogens is 1. The van der Waals surface area contributed by atoms with E-state index < -0.39 is 0 Å². The Hall–Kier alpha value is 0.170. The Balaban J connectivity index is 2.80. The van der Waals surface area contributed by atoms with Crippen LogP contribution in [-0.4, -0.2) is 6.26 Å². The van der Waals surface area contributed by atoms with Crippen molar-refractivity contribution in [2.24, 2.45) is 0 Å². The van der Waals surface area contributed by atoms with Crippen molar-refractivity contribution in [3.63, 3.8) is 0 Å². The van der Waals surface area contributed by atoms with Crippen LogP contribution in [0.2, 0.25) is 0 Å². The minimum atomic E-state index is 0.568. The van der Waals surface area contributed by atoms with Gasteiger partial charge in [0, 0.05) is 25.8 Å². The van der Waals surface area contributed by atoms with Gasteiger partial charge < -0.3 is 0 Å². The third kappa shape index (κ3) is 1.67. The van der Waals surface area contributed by atoms with Crippen LogP contribution in [0.25, 0.3) is 10.1 Å². The molecule has 1 aromatic carbocycles. The molecular weight excluding hydrogens is 252 g/mol. The summed E-state index contributed by atoms with van der Waals surface area (Å²) in [6.45, 7) is 0. The minimum absolute atomic E-state index is 0.568. The van der Waals surface area contributed by atoms with E-state index in [-0.39, 0.29) is 0 Å². The van der Waals surface area contributed by atoms with Crippen molar-refractivity contribution in [2.45, 2.75) is 15.7 Å². The topological polar surface area (TPSA) is 0 Å². The lowest BCUT2D eigenvalue weighted by Gasteiger charge is -2.06. The number of thioether (sulfide) groups is 1. The zero-order valence-corrected chi connectivity index (χ0v) is 10.9. The first-order chi connectivity index (χ1) is 6.77. The van der Waals surface area contributed by atoms with Crippen LogP contribution in [0.4, 0.5) is 0 Å². The minimum Gasteiger partial charge on any atom is -0.143 e. The molecule has 4 heteroatoms. The molecule has 0 bridgehead atoms. The van der Waals surface area contributed by atoms with E-state index in [2.05, 4.69) is 36.4 Å². The van der Waals surface area contributed by atoms with Gasteiger partial charge in [0.1, 0.15) is 0 Å². The average molecular weight is 261 g/mol. The summed E-state index contributed by atoms with van der Waals surface area (Å²) in [6, 6.07) is 4.25. The summed E-state index contributed by atoms with van der Waals surface area (Å²) in [4.78, 5) is 2.28. The first kappa shape index (κ1) is 10.7. The highest BCUT2D eigenvalue weighted by Crippen LogP contribution is 2.37.